The second-order valence-corrected chi connectivity index (χ2v) is 5.79. The van der Waals surface area contributed by atoms with Crippen molar-refractivity contribution >= 4 is 25.6 Å². The molecule has 4 heteroatoms. The minimum absolute atomic E-state index is 0.00454. The molecule has 0 spiro atoms. The van der Waals surface area contributed by atoms with Gasteiger partial charge in [0, 0.05) is 0 Å². The van der Waals surface area contributed by atoms with Gasteiger partial charge >= 0.3 is 95.1 Å². The van der Waals surface area contributed by atoms with Crippen LogP contribution in [0.5, 0.6) is 0 Å². The Balaban J connectivity index is 2.20. The first kappa shape index (κ1) is 10.4. The Kier molecular flexibility index (Phi) is 2.89. The van der Waals surface area contributed by atoms with Gasteiger partial charge in [0.1, 0.15) is 0 Å². The van der Waals surface area contributed by atoms with Crippen LogP contribution in [0.3, 0.4) is 0 Å². The maximum absolute atomic E-state index is 11.7. The molecule has 1 amide bonds. The molecule has 1 aromatic carbocycles. The second-order valence-electron chi connectivity index (χ2n) is 3.54. The van der Waals surface area contributed by atoms with Crippen LogP contribution in [0.2, 0.25) is 0 Å². The predicted octanol–water partition coefficient (Wildman–Crippen LogP) is 0.890. The van der Waals surface area contributed by atoms with Gasteiger partial charge in [-0.2, -0.15) is 0 Å². The molecule has 0 fully saturated rings. The molecule has 0 radical (unpaired) electrons. The van der Waals surface area contributed by atoms with Crippen molar-refractivity contribution in [3.63, 3.8) is 0 Å². The van der Waals surface area contributed by atoms with Crippen LogP contribution in [-0.2, 0) is 4.79 Å². The third-order valence-electron chi connectivity index (χ3n) is 2.14. The third-order valence-corrected chi connectivity index (χ3v) is 5.03. The summed E-state index contributed by atoms with van der Waals surface area (Å²) in [6.45, 7) is 0. The summed E-state index contributed by atoms with van der Waals surface area (Å²) in [6, 6.07) is 9.89. The molecule has 2 rings (SSSR count). The maximum atomic E-state index is 11.7. The Morgan fingerprint density at radius 3 is 2.47 bits per heavy atom. The summed E-state index contributed by atoms with van der Waals surface area (Å²) in [7, 11) is 3.86. The van der Waals surface area contributed by atoms with Gasteiger partial charge in [-0.15, -0.1) is 0 Å². The van der Waals surface area contributed by atoms with Crippen LogP contribution >= 0.6 is 0 Å². The van der Waals surface area contributed by atoms with E-state index in [-0.39, 0.29) is 25.7 Å². The Hall–Kier alpha value is -1.12. The number of amides is 1. The van der Waals surface area contributed by atoms with E-state index in [1.165, 1.54) is 0 Å². The van der Waals surface area contributed by atoms with Gasteiger partial charge in [-0.25, -0.2) is 0 Å². The van der Waals surface area contributed by atoms with Gasteiger partial charge in [0.2, 0.25) is 0 Å². The van der Waals surface area contributed by atoms with E-state index < -0.39 is 0 Å². The number of hydrogen-bond donors (Lipinski definition) is 0. The summed E-state index contributed by atoms with van der Waals surface area (Å²) in [5, 5.41) is 0. The molecule has 15 heavy (non-hydrogen) atoms. The van der Waals surface area contributed by atoms with Gasteiger partial charge in [-0.1, -0.05) is 0 Å². The Morgan fingerprint density at radius 2 is 1.93 bits per heavy atom. The van der Waals surface area contributed by atoms with Crippen molar-refractivity contribution < 1.29 is 4.79 Å². The molecule has 1 atom stereocenters. The van der Waals surface area contributed by atoms with E-state index in [9.17, 15) is 4.79 Å². The molecule has 1 aromatic rings. The topological polar surface area (TPSA) is 32.7 Å². The first-order valence-electron chi connectivity index (χ1n) is 4.70. The first-order chi connectivity index (χ1) is 7.18. The Labute approximate surface area is 95.3 Å². The molecular weight excluding hydrogens is 255 g/mol. The molecule has 0 N–H and O–H groups in total. The van der Waals surface area contributed by atoms with Gasteiger partial charge < -0.3 is 0 Å². The SMILES string of the molecule is CN(C)C1=NC(=O)C(c2ccccc2)[Se]1. The number of benzene rings is 1. The van der Waals surface area contributed by atoms with Crippen molar-refractivity contribution in [3.05, 3.63) is 35.9 Å². The number of rotatable bonds is 1. The quantitative estimate of drug-likeness (QED) is 0.708. The van der Waals surface area contributed by atoms with E-state index in [2.05, 4.69) is 4.99 Å². The predicted molar refractivity (Wildman–Crippen MR) is 61.1 cm³/mol. The van der Waals surface area contributed by atoms with E-state index in [1.54, 1.807) is 0 Å². The average molecular weight is 267 g/mol. The molecule has 0 saturated heterocycles. The summed E-state index contributed by atoms with van der Waals surface area (Å²) < 4.78 is 0.932. The molecule has 0 bridgehead atoms. The van der Waals surface area contributed by atoms with Gasteiger partial charge in [-0.05, 0) is 0 Å². The van der Waals surface area contributed by atoms with E-state index in [1.807, 2.05) is 49.3 Å². The van der Waals surface area contributed by atoms with Gasteiger partial charge in [0.05, 0.1) is 0 Å². The molecule has 3 nitrogen and oxygen atoms in total. The summed E-state index contributed by atoms with van der Waals surface area (Å²) in [6.07, 6.45) is 0. The third kappa shape index (κ3) is 2.11. The van der Waals surface area contributed by atoms with Crippen molar-refractivity contribution in [3.8, 4) is 0 Å². The van der Waals surface area contributed by atoms with Gasteiger partial charge in [-0.3, -0.25) is 0 Å². The molecular formula is C11H12N2OSe. The zero-order chi connectivity index (χ0) is 10.8. The van der Waals surface area contributed by atoms with Crippen LogP contribution in [0.15, 0.2) is 35.3 Å². The number of aliphatic imine (C=N–C) groups is 1. The van der Waals surface area contributed by atoms with Gasteiger partial charge in [0.25, 0.3) is 0 Å². The van der Waals surface area contributed by atoms with Crippen LogP contribution in [0.25, 0.3) is 0 Å². The molecule has 0 aliphatic carbocycles. The van der Waals surface area contributed by atoms with E-state index >= 15 is 0 Å². The fraction of sp³-hybridized carbons (Fsp3) is 0.273. The first-order valence-corrected chi connectivity index (χ1v) is 6.54. The summed E-state index contributed by atoms with van der Waals surface area (Å²) in [5.41, 5.74) is 1.09. The van der Waals surface area contributed by atoms with Crippen molar-refractivity contribution in [2.75, 3.05) is 14.1 Å². The zero-order valence-corrected chi connectivity index (χ0v) is 10.4. The molecule has 0 aromatic heterocycles. The number of nitrogens with zero attached hydrogens (tertiary/aromatic N) is 2. The van der Waals surface area contributed by atoms with Crippen molar-refractivity contribution in [1.82, 2.24) is 4.90 Å². The van der Waals surface area contributed by atoms with Crippen molar-refractivity contribution in [2.45, 2.75) is 4.82 Å². The number of carbonyl (C=O) groups excluding carboxylic acids is 1. The fourth-order valence-electron chi connectivity index (χ4n) is 1.38. The van der Waals surface area contributed by atoms with E-state index in [0.717, 1.165) is 10.3 Å². The minimum atomic E-state index is -0.0175. The van der Waals surface area contributed by atoms with Crippen molar-refractivity contribution in [2.24, 2.45) is 4.99 Å². The van der Waals surface area contributed by atoms with E-state index in [0.29, 0.717) is 0 Å². The number of hydrogen-bond acceptors (Lipinski definition) is 2. The Bertz CT molecular complexity index is 400. The molecule has 0 saturated carbocycles. The van der Waals surface area contributed by atoms with E-state index in [4.69, 9.17) is 0 Å². The normalized spacial score (nSPS) is 20.3. The molecule has 78 valence electrons. The van der Waals surface area contributed by atoms with Gasteiger partial charge in [0.15, 0.2) is 0 Å². The average Bonchev–Trinajstić information content (AvgIpc) is 2.62. The molecule has 1 aliphatic rings. The summed E-state index contributed by atoms with van der Waals surface area (Å²) in [4.78, 5) is 17.7. The van der Waals surface area contributed by atoms with Crippen LogP contribution < -0.4 is 0 Å². The Morgan fingerprint density at radius 1 is 1.27 bits per heavy atom. The molecule has 1 aliphatic heterocycles. The fourth-order valence-corrected chi connectivity index (χ4v) is 3.50. The van der Waals surface area contributed by atoms with Crippen LogP contribution in [-0.4, -0.2) is 44.6 Å². The van der Waals surface area contributed by atoms with Crippen LogP contribution in [0.1, 0.15) is 10.4 Å². The van der Waals surface area contributed by atoms with Crippen LogP contribution in [0, 0.1) is 0 Å². The molecule has 1 heterocycles. The standard InChI is InChI=1S/C11H12N2OSe/c1-13(2)11-12-10(14)9(15-11)8-6-4-3-5-7-8/h3-7,9H,1-2H3. The monoisotopic (exact) mass is 268 g/mol. The second kappa shape index (κ2) is 4.17. The van der Waals surface area contributed by atoms with Crippen LogP contribution in [0.4, 0.5) is 0 Å². The summed E-state index contributed by atoms with van der Waals surface area (Å²) >= 11 is 0.127. The number of carbonyl (C=O) groups is 1. The zero-order valence-electron chi connectivity index (χ0n) is 8.68. The summed E-state index contributed by atoms with van der Waals surface area (Å²) in [5.74, 6) is 0.00454. The number of amidine groups is 1. The van der Waals surface area contributed by atoms with Crippen molar-refractivity contribution in [1.29, 1.82) is 0 Å². The molecule has 1 unspecified atom stereocenters.